The van der Waals surface area contributed by atoms with Crippen molar-refractivity contribution < 1.29 is 0 Å². The van der Waals surface area contributed by atoms with Crippen LogP contribution in [-0.4, -0.2) is 75.1 Å². The van der Waals surface area contributed by atoms with Gasteiger partial charge in [-0.2, -0.15) is 63.1 Å². The van der Waals surface area contributed by atoms with Crippen LogP contribution in [0.25, 0.3) is 0 Å². The van der Waals surface area contributed by atoms with Gasteiger partial charge in [0.25, 0.3) is 0 Å². The van der Waals surface area contributed by atoms with E-state index in [2.05, 4.69) is 122 Å². The molecule has 0 N–H and O–H groups in total. The first-order valence-corrected chi connectivity index (χ1v) is 27.1. The molecule has 0 amide bonds. The first-order chi connectivity index (χ1) is 17.2. The Morgan fingerprint density at radius 1 is 0.629 bits per heavy atom. The van der Waals surface area contributed by atoms with E-state index in [1.54, 1.807) is 0 Å². The van der Waals surface area contributed by atoms with Crippen molar-refractivity contribution >= 4 is 214 Å². The van der Waals surface area contributed by atoms with Crippen molar-refractivity contribution in [2.45, 2.75) is 22.9 Å². The van der Waals surface area contributed by atoms with E-state index >= 15 is 0 Å². The topological polar surface area (TPSA) is 0 Å². The molecule has 0 aliphatic carbocycles. The zero-order valence-electron chi connectivity index (χ0n) is 18.7. The predicted molar refractivity (Wildman–Crippen MR) is 220 cm³/mol. The van der Waals surface area contributed by atoms with Gasteiger partial charge >= 0.3 is 0 Å². The summed E-state index contributed by atoms with van der Waals surface area (Å²) in [4.78, 5) is 0. The summed E-state index contributed by atoms with van der Waals surface area (Å²) in [6.45, 7) is 0. The number of thioether (sulfide) groups is 11. The summed E-state index contributed by atoms with van der Waals surface area (Å²) in [5, 5.41) is 9.82. The van der Waals surface area contributed by atoms with Crippen molar-refractivity contribution in [2.24, 2.45) is 0 Å². The third-order valence-electron chi connectivity index (χ3n) is 3.56. The molecule has 1 aliphatic heterocycles. The molecule has 4 unspecified atom stereocenters. The predicted octanol–water partition coefficient (Wildman–Crippen LogP) is 10.9. The van der Waals surface area contributed by atoms with E-state index in [9.17, 15) is 0 Å². The summed E-state index contributed by atoms with van der Waals surface area (Å²) in [6.07, 6.45) is 2.26. The molecule has 0 aromatic carbocycles. The largest absolute Gasteiger partial charge is 0.168 e. The number of rotatable bonds is 24. The first kappa shape index (κ1) is 39.1. The van der Waals surface area contributed by atoms with Crippen molar-refractivity contribution in [3.05, 3.63) is 11.5 Å². The second-order valence-electron chi connectivity index (χ2n) is 5.68. The van der Waals surface area contributed by atoms with Crippen LogP contribution < -0.4 is 0 Å². The van der Waals surface area contributed by atoms with E-state index in [0.717, 1.165) is 45.3 Å². The van der Waals surface area contributed by atoms with Crippen LogP contribution in [0.1, 0.15) is 0 Å². The molecular formula is C17H32S18. The molecule has 0 saturated carbocycles. The van der Waals surface area contributed by atoms with E-state index < -0.39 is 0 Å². The molecule has 0 nitrogen and oxygen atoms in total. The number of thiol groups is 5. The molecule has 1 heterocycles. The van der Waals surface area contributed by atoms with Crippen LogP contribution in [0.5, 0.6) is 0 Å². The first-order valence-electron chi connectivity index (χ1n) is 9.91. The Morgan fingerprint density at radius 2 is 1.09 bits per heavy atom. The smallest absolute Gasteiger partial charge is 0.0729 e. The Labute approximate surface area is 296 Å². The molecule has 0 fully saturated rings. The van der Waals surface area contributed by atoms with Crippen molar-refractivity contribution in [2.75, 3.05) is 52.2 Å². The van der Waals surface area contributed by atoms with Gasteiger partial charge in [0.1, 0.15) is 0 Å². The average molecular weight is 814 g/mol. The van der Waals surface area contributed by atoms with Gasteiger partial charge < -0.3 is 0 Å². The molecule has 1 aliphatic rings. The second-order valence-corrected chi connectivity index (χ2v) is 26.9. The summed E-state index contributed by atoms with van der Waals surface area (Å²) in [6, 6.07) is 0. The maximum absolute atomic E-state index is 4.55. The third kappa shape index (κ3) is 20.6. The van der Waals surface area contributed by atoms with Crippen LogP contribution in [0.4, 0.5) is 0 Å². The highest BCUT2D eigenvalue weighted by Crippen LogP contribution is 2.46. The van der Waals surface area contributed by atoms with Gasteiger partial charge in [0.15, 0.2) is 0 Å². The standard InChI is InChI=1S/C17H32S18/c18-5-26-14(27-6-19)15(28-7-20)31-11-32-16(29-8-21)17(30-9-22)33-12-35-34-10-23-4-13-24-2-1-3-25-13/h1-2,13-22H,3-12H2. The lowest BCUT2D eigenvalue weighted by Crippen LogP contribution is -2.17. The molecule has 0 aromatic heterocycles. The monoisotopic (exact) mass is 812 g/mol. The lowest BCUT2D eigenvalue weighted by molar-refractivity contribution is 1.35. The minimum absolute atomic E-state index is 0.485. The molecule has 4 atom stereocenters. The van der Waals surface area contributed by atoms with Crippen molar-refractivity contribution in [1.29, 1.82) is 0 Å². The van der Waals surface area contributed by atoms with Crippen molar-refractivity contribution in [3.63, 3.8) is 0 Å². The molecule has 0 bridgehead atoms. The van der Waals surface area contributed by atoms with Gasteiger partial charge in [0.05, 0.1) is 28.0 Å². The van der Waals surface area contributed by atoms with Gasteiger partial charge in [-0.1, -0.05) is 27.7 Å². The fraction of sp³-hybridized carbons (Fsp3) is 0.882. The Balaban J connectivity index is 2.40. The lowest BCUT2D eigenvalue weighted by atomic mass is 10.8. The van der Waals surface area contributed by atoms with Gasteiger partial charge in [-0.15, -0.1) is 129 Å². The van der Waals surface area contributed by atoms with Crippen LogP contribution in [-0.2, 0) is 0 Å². The molecule has 0 saturated heterocycles. The minimum atomic E-state index is 0.485. The highest BCUT2D eigenvalue weighted by atomic mass is 33.1. The minimum Gasteiger partial charge on any atom is -0.168 e. The molecule has 0 spiro atoms. The molecule has 0 radical (unpaired) electrons. The van der Waals surface area contributed by atoms with Crippen LogP contribution >= 0.6 is 214 Å². The summed E-state index contributed by atoms with van der Waals surface area (Å²) < 4.78 is 2.72. The van der Waals surface area contributed by atoms with Gasteiger partial charge in [-0.25, -0.2) is 0 Å². The zero-order chi connectivity index (χ0) is 25.6. The third-order valence-corrected chi connectivity index (χ3v) is 24.9. The van der Waals surface area contributed by atoms with Crippen LogP contribution in [0.15, 0.2) is 11.5 Å². The van der Waals surface area contributed by atoms with E-state index in [0.29, 0.717) is 18.3 Å². The fourth-order valence-corrected chi connectivity index (χ4v) is 24.7. The van der Waals surface area contributed by atoms with Crippen molar-refractivity contribution in [3.8, 4) is 0 Å². The van der Waals surface area contributed by atoms with Crippen LogP contribution in [0, 0.1) is 0 Å². The van der Waals surface area contributed by atoms with E-state index in [1.807, 2.05) is 104 Å². The molecule has 1 rings (SSSR count). The van der Waals surface area contributed by atoms with Gasteiger partial charge in [-0.3, -0.25) is 0 Å². The normalized spacial score (nSPS) is 18.7. The highest BCUT2D eigenvalue weighted by molar-refractivity contribution is 8.79. The van der Waals surface area contributed by atoms with Crippen molar-refractivity contribution in [1.82, 2.24) is 0 Å². The lowest BCUT2D eigenvalue weighted by Gasteiger charge is -2.27. The van der Waals surface area contributed by atoms with Crippen LogP contribution in [0.2, 0.25) is 0 Å². The molecule has 0 aromatic rings. The summed E-state index contributed by atoms with van der Waals surface area (Å²) in [5.41, 5.74) is 0. The maximum Gasteiger partial charge on any atom is 0.0729 e. The Bertz CT molecular complexity index is 492. The average Bonchev–Trinajstić information content (AvgIpc) is 2.87. The quantitative estimate of drug-likeness (QED) is 0.0272. The van der Waals surface area contributed by atoms with Gasteiger partial charge in [-0.05, 0) is 5.41 Å². The Morgan fingerprint density at radius 3 is 1.54 bits per heavy atom. The van der Waals surface area contributed by atoms with Gasteiger partial charge in [0, 0.05) is 47.1 Å². The molecular weight excluding hydrogens is 781 g/mol. The SMILES string of the molecule is SCSC(SCS)C(SCS)SCSC(SCS)C(SCS)SCSSCSCC1SC=CCS1. The highest BCUT2D eigenvalue weighted by Gasteiger charge is 2.26. The maximum atomic E-state index is 4.55. The summed E-state index contributed by atoms with van der Waals surface area (Å²) in [5.74, 6) is 2.40. The number of hydrogen-bond donors (Lipinski definition) is 5. The number of hydrogen-bond acceptors (Lipinski definition) is 18. The molecule has 35 heavy (non-hydrogen) atoms. The summed E-state index contributed by atoms with van der Waals surface area (Å²) >= 11 is 44.4. The van der Waals surface area contributed by atoms with Crippen LogP contribution in [0.3, 0.4) is 0 Å². The fourth-order valence-electron chi connectivity index (χ4n) is 2.17. The Kier molecular flexibility index (Phi) is 32.1. The molecule has 208 valence electrons. The van der Waals surface area contributed by atoms with E-state index in [-0.39, 0.29) is 0 Å². The Hall–Kier alpha value is 6.04. The van der Waals surface area contributed by atoms with Gasteiger partial charge in [0.2, 0.25) is 0 Å². The zero-order valence-corrected chi connectivity index (χ0v) is 33.7. The van der Waals surface area contributed by atoms with E-state index in [1.165, 1.54) is 11.5 Å². The van der Waals surface area contributed by atoms with E-state index in [4.69, 9.17) is 0 Å². The second kappa shape index (κ2) is 28.8. The summed E-state index contributed by atoms with van der Waals surface area (Å²) in [7, 11) is 4.00. The molecule has 18 heteroatoms.